The highest BCUT2D eigenvalue weighted by atomic mass is 32.2. The Hall–Kier alpha value is -1.49. The van der Waals surface area contributed by atoms with Crippen molar-refractivity contribution in [3.05, 3.63) is 30.0 Å². The van der Waals surface area contributed by atoms with Crippen LogP contribution in [0.15, 0.2) is 24.4 Å². The van der Waals surface area contributed by atoms with Crippen LogP contribution in [0.1, 0.15) is 25.5 Å². The molecule has 0 saturated carbocycles. The summed E-state index contributed by atoms with van der Waals surface area (Å²) in [5.74, 6) is 0.210. The van der Waals surface area contributed by atoms with Gasteiger partial charge in [0, 0.05) is 29.9 Å². The van der Waals surface area contributed by atoms with Crippen LogP contribution in [-0.4, -0.2) is 24.3 Å². The minimum absolute atomic E-state index is 0.0218. The molecule has 0 spiro atoms. The summed E-state index contributed by atoms with van der Waals surface area (Å²) in [4.78, 5) is 0. The third kappa shape index (κ3) is 2.51. The zero-order valence-electron chi connectivity index (χ0n) is 10.7. The van der Waals surface area contributed by atoms with Crippen LogP contribution in [-0.2, 0) is 15.6 Å². The summed E-state index contributed by atoms with van der Waals surface area (Å²) < 4.78 is 24.8. The SMILES string of the molecule is CC(C)n1cc(CS(C)(=O)=O)c2ccc(O)cc21. The van der Waals surface area contributed by atoms with Crippen molar-refractivity contribution in [2.45, 2.75) is 25.6 Å². The number of aromatic nitrogens is 1. The predicted molar refractivity (Wildman–Crippen MR) is 72.5 cm³/mol. The van der Waals surface area contributed by atoms with Crippen LogP contribution in [0.4, 0.5) is 0 Å². The van der Waals surface area contributed by atoms with Crippen molar-refractivity contribution in [3.8, 4) is 5.75 Å². The highest BCUT2D eigenvalue weighted by Crippen LogP contribution is 2.28. The van der Waals surface area contributed by atoms with E-state index in [1.807, 2.05) is 24.6 Å². The summed E-state index contributed by atoms with van der Waals surface area (Å²) in [6.45, 7) is 4.04. The Balaban J connectivity index is 2.68. The standard InChI is InChI=1S/C13H17NO3S/c1-9(2)14-7-10(8-18(3,16)17)12-5-4-11(15)6-13(12)14/h4-7,9,15H,8H2,1-3H3. The second kappa shape index (κ2) is 4.31. The first kappa shape index (κ1) is 13.0. The second-order valence-electron chi connectivity index (χ2n) is 4.93. The van der Waals surface area contributed by atoms with E-state index in [9.17, 15) is 13.5 Å². The number of nitrogens with zero attached hydrogens (tertiary/aromatic N) is 1. The number of aromatic hydroxyl groups is 1. The number of rotatable bonds is 3. The molecule has 2 rings (SSSR count). The molecule has 0 atom stereocenters. The Morgan fingerprint density at radius 2 is 2.00 bits per heavy atom. The van der Waals surface area contributed by atoms with Gasteiger partial charge in [0.15, 0.2) is 9.84 Å². The topological polar surface area (TPSA) is 59.3 Å². The lowest BCUT2D eigenvalue weighted by atomic mass is 10.2. The van der Waals surface area contributed by atoms with Crippen molar-refractivity contribution in [2.75, 3.05) is 6.26 Å². The number of phenols is 1. The van der Waals surface area contributed by atoms with Gasteiger partial charge in [-0.1, -0.05) is 0 Å². The lowest BCUT2D eigenvalue weighted by Crippen LogP contribution is -2.01. The lowest BCUT2D eigenvalue weighted by molar-refractivity contribution is 0.475. The molecule has 1 heterocycles. The van der Waals surface area contributed by atoms with Crippen molar-refractivity contribution >= 4 is 20.7 Å². The molecule has 1 aromatic heterocycles. The highest BCUT2D eigenvalue weighted by molar-refractivity contribution is 7.89. The van der Waals surface area contributed by atoms with E-state index in [0.29, 0.717) is 0 Å². The maximum atomic E-state index is 11.4. The average molecular weight is 267 g/mol. The van der Waals surface area contributed by atoms with Crippen LogP contribution in [0.5, 0.6) is 5.75 Å². The third-order valence-corrected chi connectivity index (χ3v) is 3.71. The fourth-order valence-electron chi connectivity index (χ4n) is 2.14. The van der Waals surface area contributed by atoms with Crippen molar-refractivity contribution in [3.63, 3.8) is 0 Å². The molecule has 0 unspecified atom stereocenters. The molecule has 0 saturated heterocycles. The fourth-order valence-corrected chi connectivity index (χ4v) is 2.93. The fraction of sp³-hybridized carbons (Fsp3) is 0.385. The van der Waals surface area contributed by atoms with Crippen molar-refractivity contribution < 1.29 is 13.5 Å². The number of sulfone groups is 1. The molecule has 1 N–H and O–H groups in total. The monoisotopic (exact) mass is 267 g/mol. The molecule has 0 aliphatic heterocycles. The van der Waals surface area contributed by atoms with E-state index in [2.05, 4.69) is 0 Å². The predicted octanol–water partition coefficient (Wildman–Crippen LogP) is 2.47. The van der Waals surface area contributed by atoms with Crippen molar-refractivity contribution in [1.29, 1.82) is 0 Å². The van der Waals surface area contributed by atoms with E-state index < -0.39 is 9.84 Å². The first-order chi connectivity index (χ1) is 8.28. The molecule has 0 fully saturated rings. The van der Waals surface area contributed by atoms with E-state index in [4.69, 9.17) is 0 Å². The van der Waals surface area contributed by atoms with Gasteiger partial charge in [-0.05, 0) is 31.5 Å². The molecule has 5 heteroatoms. The van der Waals surface area contributed by atoms with Crippen LogP contribution in [0.3, 0.4) is 0 Å². The molecular formula is C13H17NO3S. The van der Waals surface area contributed by atoms with Gasteiger partial charge in [0.2, 0.25) is 0 Å². The normalized spacial score (nSPS) is 12.4. The van der Waals surface area contributed by atoms with Gasteiger partial charge in [0.1, 0.15) is 5.75 Å². The summed E-state index contributed by atoms with van der Waals surface area (Å²) in [6, 6.07) is 5.23. The van der Waals surface area contributed by atoms with E-state index in [1.165, 1.54) is 6.26 Å². The minimum Gasteiger partial charge on any atom is -0.508 e. The second-order valence-corrected chi connectivity index (χ2v) is 7.07. The molecular weight excluding hydrogens is 250 g/mol. The van der Waals surface area contributed by atoms with E-state index in [1.54, 1.807) is 18.2 Å². The van der Waals surface area contributed by atoms with Gasteiger partial charge < -0.3 is 9.67 Å². The molecule has 18 heavy (non-hydrogen) atoms. The maximum absolute atomic E-state index is 11.4. The number of fused-ring (bicyclic) bond motifs is 1. The summed E-state index contributed by atoms with van der Waals surface area (Å²) in [6.07, 6.45) is 3.09. The van der Waals surface area contributed by atoms with Crippen molar-refractivity contribution in [2.24, 2.45) is 0 Å². The number of phenolic OH excluding ortho intramolecular Hbond substituents is 1. The van der Waals surface area contributed by atoms with Gasteiger partial charge in [-0.3, -0.25) is 0 Å². The van der Waals surface area contributed by atoms with Gasteiger partial charge in [0.05, 0.1) is 11.3 Å². The first-order valence-corrected chi connectivity index (χ1v) is 7.84. The Morgan fingerprint density at radius 3 is 2.56 bits per heavy atom. The van der Waals surface area contributed by atoms with Crippen LogP contribution in [0.2, 0.25) is 0 Å². The molecule has 2 aromatic rings. The third-order valence-electron chi connectivity index (χ3n) is 2.87. The van der Waals surface area contributed by atoms with E-state index in [-0.39, 0.29) is 17.5 Å². The van der Waals surface area contributed by atoms with Gasteiger partial charge >= 0.3 is 0 Å². The highest BCUT2D eigenvalue weighted by Gasteiger charge is 2.14. The van der Waals surface area contributed by atoms with Gasteiger partial charge in [-0.25, -0.2) is 8.42 Å². The molecule has 1 aromatic carbocycles. The largest absolute Gasteiger partial charge is 0.508 e. The Kier molecular flexibility index (Phi) is 3.11. The maximum Gasteiger partial charge on any atom is 0.151 e. The molecule has 4 nitrogen and oxygen atoms in total. The quantitative estimate of drug-likeness (QED) is 0.929. The van der Waals surface area contributed by atoms with Gasteiger partial charge in [-0.15, -0.1) is 0 Å². The minimum atomic E-state index is -3.07. The van der Waals surface area contributed by atoms with Crippen LogP contribution >= 0.6 is 0 Å². The summed E-state index contributed by atoms with van der Waals surface area (Å²) in [7, 11) is -3.07. The van der Waals surface area contributed by atoms with Gasteiger partial charge in [-0.2, -0.15) is 0 Å². The van der Waals surface area contributed by atoms with Crippen LogP contribution < -0.4 is 0 Å². The molecule has 0 amide bonds. The van der Waals surface area contributed by atoms with Crippen LogP contribution in [0.25, 0.3) is 10.9 Å². The first-order valence-electron chi connectivity index (χ1n) is 5.78. The van der Waals surface area contributed by atoms with E-state index >= 15 is 0 Å². The summed E-state index contributed by atoms with van der Waals surface area (Å²) in [5.41, 5.74) is 1.64. The van der Waals surface area contributed by atoms with E-state index in [0.717, 1.165) is 16.5 Å². The molecule has 0 aliphatic carbocycles. The molecule has 0 radical (unpaired) electrons. The summed E-state index contributed by atoms with van der Waals surface area (Å²) >= 11 is 0. The molecule has 0 bridgehead atoms. The Bertz CT molecular complexity index is 684. The number of hydrogen-bond donors (Lipinski definition) is 1. The Labute approximate surface area is 107 Å². The zero-order chi connectivity index (χ0) is 13.5. The average Bonchev–Trinajstić information content (AvgIpc) is 2.54. The van der Waals surface area contributed by atoms with Crippen molar-refractivity contribution in [1.82, 2.24) is 4.57 Å². The zero-order valence-corrected chi connectivity index (χ0v) is 11.5. The summed E-state index contributed by atoms with van der Waals surface area (Å²) in [5, 5.41) is 10.4. The molecule has 0 aliphatic rings. The number of benzene rings is 1. The smallest absolute Gasteiger partial charge is 0.151 e. The van der Waals surface area contributed by atoms with Crippen LogP contribution in [0, 0.1) is 0 Å². The lowest BCUT2D eigenvalue weighted by Gasteiger charge is -2.08. The number of hydrogen-bond acceptors (Lipinski definition) is 3. The molecule has 98 valence electrons. The van der Waals surface area contributed by atoms with Gasteiger partial charge in [0.25, 0.3) is 0 Å². The Morgan fingerprint density at radius 1 is 1.33 bits per heavy atom.